The largest absolute Gasteiger partial charge is 0.493 e. The van der Waals surface area contributed by atoms with Crippen LogP contribution < -0.4 is 14.8 Å². The molecule has 0 spiro atoms. The number of hydrogen-bond acceptors (Lipinski definition) is 7. The third-order valence-electron chi connectivity index (χ3n) is 5.56. The van der Waals surface area contributed by atoms with Gasteiger partial charge >= 0.3 is 0 Å². The minimum absolute atomic E-state index is 0.150. The molecule has 2 heterocycles. The van der Waals surface area contributed by atoms with Crippen LogP contribution in [-0.2, 0) is 11.3 Å². The Bertz CT molecular complexity index is 1080. The number of likely N-dealkylation sites (tertiary alicyclic amines) is 1. The van der Waals surface area contributed by atoms with Gasteiger partial charge in [-0.25, -0.2) is 4.39 Å². The molecule has 168 valence electrons. The van der Waals surface area contributed by atoms with Gasteiger partial charge in [0.2, 0.25) is 17.6 Å². The zero-order valence-corrected chi connectivity index (χ0v) is 18.0. The van der Waals surface area contributed by atoms with Gasteiger partial charge in [-0.2, -0.15) is 4.98 Å². The predicted molar refractivity (Wildman–Crippen MR) is 116 cm³/mol. The third-order valence-corrected chi connectivity index (χ3v) is 5.56. The molecule has 1 aliphatic heterocycles. The number of rotatable bonds is 7. The fraction of sp³-hybridized carbons (Fsp3) is 0.348. The van der Waals surface area contributed by atoms with Crippen molar-refractivity contribution in [2.24, 2.45) is 5.92 Å². The third kappa shape index (κ3) is 4.88. The van der Waals surface area contributed by atoms with Crippen molar-refractivity contribution in [3.63, 3.8) is 0 Å². The van der Waals surface area contributed by atoms with Gasteiger partial charge in [0.1, 0.15) is 5.82 Å². The zero-order chi connectivity index (χ0) is 22.5. The number of methoxy groups -OCH3 is 2. The van der Waals surface area contributed by atoms with Gasteiger partial charge in [-0.1, -0.05) is 17.3 Å². The number of nitrogens with one attached hydrogen (secondary N) is 1. The number of carbonyl (C=O) groups excluding carboxylic acids is 1. The summed E-state index contributed by atoms with van der Waals surface area (Å²) in [7, 11) is 3.15. The second-order valence-electron chi connectivity index (χ2n) is 7.60. The number of hydrogen-bond donors (Lipinski definition) is 1. The van der Waals surface area contributed by atoms with Gasteiger partial charge < -0.3 is 19.3 Å². The molecule has 0 bridgehead atoms. The Kier molecular flexibility index (Phi) is 6.65. The topological polar surface area (TPSA) is 89.7 Å². The van der Waals surface area contributed by atoms with Crippen LogP contribution in [0.15, 0.2) is 47.0 Å². The van der Waals surface area contributed by atoms with Crippen molar-refractivity contribution in [1.29, 1.82) is 0 Å². The fourth-order valence-electron chi connectivity index (χ4n) is 3.75. The standard InChI is InChI=1S/C23H25FN4O4/c1-30-19-8-7-16(13-20(19)31-2)22-26-21(32-27-22)14-28-11-9-15(10-12-28)23(29)25-18-6-4-3-5-17(18)24/h3-8,13,15H,9-12,14H2,1-2H3,(H,25,29). The average molecular weight is 440 g/mol. The molecule has 3 aromatic rings. The maximum absolute atomic E-state index is 13.8. The van der Waals surface area contributed by atoms with E-state index in [-0.39, 0.29) is 17.5 Å². The van der Waals surface area contributed by atoms with Crippen molar-refractivity contribution in [3.8, 4) is 22.9 Å². The van der Waals surface area contributed by atoms with Crippen LogP contribution in [0.25, 0.3) is 11.4 Å². The lowest BCUT2D eigenvalue weighted by Gasteiger charge is -2.30. The molecule has 0 radical (unpaired) electrons. The number of carbonyl (C=O) groups is 1. The molecule has 0 aliphatic carbocycles. The molecule has 1 amide bonds. The number of halogens is 1. The monoisotopic (exact) mass is 440 g/mol. The molecule has 0 saturated carbocycles. The molecule has 2 aromatic carbocycles. The lowest BCUT2D eigenvalue weighted by Crippen LogP contribution is -2.37. The van der Waals surface area contributed by atoms with E-state index < -0.39 is 5.82 Å². The summed E-state index contributed by atoms with van der Waals surface area (Å²) in [4.78, 5) is 19.1. The molecular weight excluding hydrogens is 415 g/mol. The van der Waals surface area contributed by atoms with E-state index in [0.29, 0.717) is 55.7 Å². The molecule has 8 nitrogen and oxygen atoms in total. The Hall–Kier alpha value is -3.46. The van der Waals surface area contributed by atoms with E-state index in [2.05, 4.69) is 20.4 Å². The molecule has 32 heavy (non-hydrogen) atoms. The molecule has 1 aliphatic rings. The minimum Gasteiger partial charge on any atom is -0.493 e. The van der Waals surface area contributed by atoms with Gasteiger partial charge in [-0.15, -0.1) is 0 Å². The van der Waals surface area contributed by atoms with E-state index in [1.54, 1.807) is 44.6 Å². The predicted octanol–water partition coefficient (Wildman–Crippen LogP) is 3.74. The first-order chi connectivity index (χ1) is 15.6. The number of aromatic nitrogens is 2. The summed E-state index contributed by atoms with van der Waals surface area (Å²) < 4.78 is 29.8. The summed E-state index contributed by atoms with van der Waals surface area (Å²) in [5.74, 6) is 1.46. The first-order valence-corrected chi connectivity index (χ1v) is 10.4. The number of nitrogens with zero attached hydrogens (tertiary/aromatic N) is 3. The molecule has 1 fully saturated rings. The number of ether oxygens (including phenoxy) is 2. The Labute approximate surface area is 185 Å². The number of amides is 1. The smallest absolute Gasteiger partial charge is 0.241 e. The maximum Gasteiger partial charge on any atom is 0.241 e. The van der Waals surface area contributed by atoms with Gasteiger partial charge in [-0.05, 0) is 56.3 Å². The highest BCUT2D eigenvalue weighted by atomic mass is 19.1. The van der Waals surface area contributed by atoms with E-state index in [0.717, 1.165) is 5.56 Å². The average Bonchev–Trinajstić information content (AvgIpc) is 3.29. The Morgan fingerprint density at radius 1 is 1.16 bits per heavy atom. The van der Waals surface area contributed by atoms with Crippen LogP contribution in [0.2, 0.25) is 0 Å². The highest BCUT2D eigenvalue weighted by Gasteiger charge is 2.26. The fourth-order valence-corrected chi connectivity index (χ4v) is 3.75. The van der Waals surface area contributed by atoms with Gasteiger partial charge in [0, 0.05) is 11.5 Å². The first kappa shape index (κ1) is 21.8. The van der Waals surface area contributed by atoms with Crippen LogP contribution in [0.4, 0.5) is 10.1 Å². The molecule has 0 atom stereocenters. The lowest BCUT2D eigenvalue weighted by atomic mass is 9.96. The quantitative estimate of drug-likeness (QED) is 0.599. The van der Waals surface area contributed by atoms with Gasteiger partial charge in [0.25, 0.3) is 0 Å². The van der Waals surface area contributed by atoms with E-state index >= 15 is 0 Å². The van der Waals surface area contributed by atoms with Crippen LogP contribution >= 0.6 is 0 Å². The van der Waals surface area contributed by atoms with E-state index in [9.17, 15) is 9.18 Å². The summed E-state index contributed by atoms with van der Waals surface area (Å²) in [5, 5.41) is 6.76. The maximum atomic E-state index is 13.8. The van der Waals surface area contributed by atoms with Crippen molar-refractivity contribution in [2.75, 3.05) is 32.6 Å². The molecule has 4 rings (SSSR count). The first-order valence-electron chi connectivity index (χ1n) is 10.4. The summed E-state index contributed by atoms with van der Waals surface area (Å²) in [6.07, 6.45) is 1.36. The molecule has 1 saturated heterocycles. The molecular formula is C23H25FN4O4. The van der Waals surface area contributed by atoms with Crippen LogP contribution in [0, 0.1) is 11.7 Å². The Morgan fingerprint density at radius 2 is 1.91 bits per heavy atom. The molecule has 1 aromatic heterocycles. The van der Waals surface area contributed by atoms with Crippen molar-refractivity contribution in [2.45, 2.75) is 19.4 Å². The van der Waals surface area contributed by atoms with E-state index in [1.807, 2.05) is 6.07 Å². The second-order valence-corrected chi connectivity index (χ2v) is 7.60. The number of piperidine rings is 1. The van der Waals surface area contributed by atoms with Crippen LogP contribution in [0.1, 0.15) is 18.7 Å². The second kappa shape index (κ2) is 9.78. The SMILES string of the molecule is COc1ccc(-c2noc(CN3CCC(C(=O)Nc4ccccc4F)CC3)n2)cc1OC. The summed E-state index contributed by atoms with van der Waals surface area (Å²) in [5.41, 5.74) is 0.981. The number of para-hydroxylation sites is 1. The van der Waals surface area contributed by atoms with Crippen molar-refractivity contribution in [1.82, 2.24) is 15.0 Å². The molecule has 0 unspecified atom stereocenters. The summed E-state index contributed by atoms with van der Waals surface area (Å²) in [6.45, 7) is 1.93. The van der Waals surface area contributed by atoms with E-state index in [4.69, 9.17) is 14.0 Å². The van der Waals surface area contributed by atoms with Crippen molar-refractivity contribution in [3.05, 3.63) is 54.2 Å². The van der Waals surface area contributed by atoms with Crippen LogP contribution in [-0.4, -0.2) is 48.3 Å². The van der Waals surface area contributed by atoms with Gasteiger partial charge in [-0.3, -0.25) is 9.69 Å². The Balaban J connectivity index is 1.32. The van der Waals surface area contributed by atoms with Crippen molar-refractivity contribution >= 4 is 11.6 Å². The highest BCUT2D eigenvalue weighted by Crippen LogP contribution is 2.31. The minimum atomic E-state index is -0.431. The van der Waals surface area contributed by atoms with Crippen LogP contribution in [0.5, 0.6) is 11.5 Å². The number of benzene rings is 2. The summed E-state index contributed by atoms with van der Waals surface area (Å²) >= 11 is 0. The summed E-state index contributed by atoms with van der Waals surface area (Å²) in [6, 6.07) is 11.6. The number of anilines is 1. The normalized spacial score (nSPS) is 14.8. The van der Waals surface area contributed by atoms with Crippen molar-refractivity contribution < 1.29 is 23.2 Å². The zero-order valence-electron chi connectivity index (χ0n) is 18.0. The lowest BCUT2D eigenvalue weighted by molar-refractivity contribution is -0.121. The highest BCUT2D eigenvalue weighted by molar-refractivity contribution is 5.92. The van der Waals surface area contributed by atoms with Crippen LogP contribution in [0.3, 0.4) is 0 Å². The Morgan fingerprint density at radius 3 is 2.62 bits per heavy atom. The van der Waals surface area contributed by atoms with E-state index in [1.165, 1.54) is 6.07 Å². The molecule has 1 N–H and O–H groups in total. The molecule has 9 heteroatoms. The van der Waals surface area contributed by atoms with Gasteiger partial charge in [0.15, 0.2) is 11.5 Å². The van der Waals surface area contributed by atoms with Gasteiger partial charge in [0.05, 0.1) is 26.5 Å².